The zero-order chi connectivity index (χ0) is 20.1. The lowest BCUT2D eigenvalue weighted by Gasteiger charge is -2.35. The number of phenolic OH excluding ortho intramolecular Hbond substituents is 1. The fraction of sp³-hybridized carbons (Fsp3) is 0.583. The van der Waals surface area contributed by atoms with E-state index < -0.39 is 0 Å². The normalized spacial score (nSPS) is 18.1. The van der Waals surface area contributed by atoms with Gasteiger partial charge in [0.1, 0.15) is 11.5 Å². The first-order chi connectivity index (χ1) is 11.6. The van der Waals surface area contributed by atoms with Crippen LogP contribution in [0.4, 0.5) is 0 Å². The van der Waals surface area contributed by atoms with E-state index in [4.69, 9.17) is 0 Å². The van der Waals surface area contributed by atoms with Gasteiger partial charge in [0.2, 0.25) is 0 Å². The molecule has 0 fully saturated rings. The lowest BCUT2D eigenvalue weighted by molar-refractivity contribution is 0.333. The maximum atomic E-state index is 11.0. The Bertz CT molecular complexity index is 763. The Balaban J connectivity index is 2.54. The van der Waals surface area contributed by atoms with Gasteiger partial charge >= 0.3 is 0 Å². The number of allylic oxidation sites excluding steroid dienone is 3. The average Bonchev–Trinajstić information content (AvgIpc) is 2.43. The first-order valence-electron chi connectivity index (χ1n) is 9.59. The molecule has 0 heterocycles. The largest absolute Gasteiger partial charge is 0.508 e. The second-order valence-corrected chi connectivity index (χ2v) is 10.7. The summed E-state index contributed by atoms with van der Waals surface area (Å²) in [5.41, 5.74) is 4.80. The average molecular weight is 357 g/mol. The zero-order valence-corrected chi connectivity index (χ0v) is 18.0. The van der Waals surface area contributed by atoms with Crippen molar-refractivity contribution < 1.29 is 10.2 Å². The summed E-state index contributed by atoms with van der Waals surface area (Å²) in [6.45, 7) is 19.2. The van der Waals surface area contributed by atoms with Crippen LogP contribution in [0.2, 0.25) is 0 Å². The Hall–Kier alpha value is -1.70. The summed E-state index contributed by atoms with van der Waals surface area (Å²) in [7, 11) is 0. The molecule has 0 amide bonds. The van der Waals surface area contributed by atoms with Crippen LogP contribution in [0.15, 0.2) is 35.1 Å². The number of rotatable bonds is 2. The van der Waals surface area contributed by atoms with Gasteiger partial charge in [-0.1, -0.05) is 79.2 Å². The van der Waals surface area contributed by atoms with Crippen molar-refractivity contribution in [2.75, 3.05) is 0 Å². The summed E-state index contributed by atoms with van der Waals surface area (Å²) in [5.74, 6) is 0.781. The second kappa shape index (κ2) is 6.48. The van der Waals surface area contributed by atoms with Crippen molar-refractivity contribution in [2.45, 2.75) is 80.6 Å². The van der Waals surface area contributed by atoms with Gasteiger partial charge in [-0.2, -0.15) is 0 Å². The van der Waals surface area contributed by atoms with Crippen molar-refractivity contribution in [3.05, 3.63) is 51.8 Å². The highest BCUT2D eigenvalue weighted by Gasteiger charge is 2.33. The Morgan fingerprint density at radius 3 is 2.04 bits per heavy atom. The monoisotopic (exact) mass is 356 g/mol. The molecular weight excluding hydrogens is 320 g/mol. The molecule has 2 N–H and O–H groups in total. The highest BCUT2D eigenvalue weighted by Crippen LogP contribution is 2.45. The van der Waals surface area contributed by atoms with E-state index in [2.05, 4.69) is 74.5 Å². The first kappa shape index (κ1) is 20.6. The van der Waals surface area contributed by atoms with E-state index in [1.165, 1.54) is 0 Å². The minimum absolute atomic E-state index is 0.00349. The van der Waals surface area contributed by atoms with Crippen LogP contribution in [0.25, 0.3) is 0 Å². The maximum Gasteiger partial charge on any atom is 0.122 e. The number of phenols is 1. The molecule has 0 aromatic heterocycles. The van der Waals surface area contributed by atoms with Gasteiger partial charge in [0.15, 0.2) is 0 Å². The summed E-state index contributed by atoms with van der Waals surface area (Å²) in [5, 5.41) is 21.9. The topological polar surface area (TPSA) is 40.5 Å². The maximum absolute atomic E-state index is 11.0. The molecule has 1 aliphatic carbocycles. The molecule has 2 nitrogen and oxygen atoms in total. The molecule has 1 aromatic carbocycles. The highest BCUT2D eigenvalue weighted by atomic mass is 16.3. The van der Waals surface area contributed by atoms with Crippen LogP contribution >= 0.6 is 0 Å². The summed E-state index contributed by atoms with van der Waals surface area (Å²) in [4.78, 5) is 0. The van der Waals surface area contributed by atoms with Crippen LogP contribution in [0.5, 0.6) is 5.75 Å². The van der Waals surface area contributed by atoms with Crippen molar-refractivity contribution in [3.63, 3.8) is 0 Å². The van der Waals surface area contributed by atoms with Crippen molar-refractivity contribution in [1.29, 1.82) is 0 Å². The minimum Gasteiger partial charge on any atom is -0.508 e. The molecule has 0 atom stereocenters. The molecule has 0 aliphatic heterocycles. The fourth-order valence-electron chi connectivity index (χ4n) is 3.84. The molecule has 0 unspecified atom stereocenters. The van der Waals surface area contributed by atoms with Crippen molar-refractivity contribution in [1.82, 2.24) is 0 Å². The SMILES string of the molecule is Cc1cc(CC2=C(O)C(C(C)(C)C)=CC(C)(C)C2)c(O)c(C(C)(C)C)c1. The minimum atomic E-state index is -0.121. The van der Waals surface area contributed by atoms with E-state index in [1.807, 2.05) is 6.07 Å². The molecule has 26 heavy (non-hydrogen) atoms. The predicted octanol–water partition coefficient (Wildman–Crippen LogP) is 6.76. The van der Waals surface area contributed by atoms with E-state index in [0.29, 0.717) is 17.9 Å². The molecule has 2 rings (SSSR count). The van der Waals surface area contributed by atoms with E-state index in [0.717, 1.165) is 34.3 Å². The molecule has 0 bridgehead atoms. The van der Waals surface area contributed by atoms with Gasteiger partial charge in [-0.15, -0.1) is 0 Å². The quantitative estimate of drug-likeness (QED) is 0.615. The molecule has 144 valence electrons. The van der Waals surface area contributed by atoms with Gasteiger partial charge in [-0.3, -0.25) is 0 Å². The lowest BCUT2D eigenvalue weighted by atomic mass is 9.71. The van der Waals surface area contributed by atoms with E-state index in [9.17, 15) is 10.2 Å². The standard InChI is InChI=1S/C24H36O2/c1-15-10-16(20(25)18(11-15)22(2,3)4)12-17-13-24(8,9)14-19(21(17)26)23(5,6)7/h10-11,14,25-26H,12-13H2,1-9H3. The van der Waals surface area contributed by atoms with Gasteiger partial charge in [0, 0.05) is 6.42 Å². The highest BCUT2D eigenvalue weighted by molar-refractivity contribution is 5.50. The molecule has 0 saturated heterocycles. The predicted molar refractivity (Wildman–Crippen MR) is 111 cm³/mol. The van der Waals surface area contributed by atoms with Gasteiger partial charge in [-0.05, 0) is 51.9 Å². The van der Waals surface area contributed by atoms with Crippen molar-refractivity contribution in [3.8, 4) is 5.75 Å². The molecule has 0 radical (unpaired) electrons. The molecule has 1 aromatic rings. The zero-order valence-electron chi connectivity index (χ0n) is 18.0. The van der Waals surface area contributed by atoms with Crippen LogP contribution < -0.4 is 0 Å². The number of hydrogen-bond donors (Lipinski definition) is 2. The van der Waals surface area contributed by atoms with Crippen LogP contribution in [-0.2, 0) is 11.8 Å². The van der Waals surface area contributed by atoms with E-state index in [-0.39, 0.29) is 16.2 Å². The lowest BCUT2D eigenvalue weighted by Crippen LogP contribution is -2.24. The Morgan fingerprint density at radius 2 is 1.54 bits per heavy atom. The second-order valence-electron chi connectivity index (χ2n) is 10.7. The third kappa shape index (κ3) is 4.34. The molecule has 2 heteroatoms. The summed E-state index contributed by atoms with van der Waals surface area (Å²) >= 11 is 0. The first-order valence-corrected chi connectivity index (χ1v) is 9.59. The number of aryl methyl sites for hydroxylation is 1. The Morgan fingerprint density at radius 1 is 0.962 bits per heavy atom. The number of benzene rings is 1. The number of aliphatic hydroxyl groups excluding tert-OH is 1. The van der Waals surface area contributed by atoms with Crippen LogP contribution in [-0.4, -0.2) is 10.2 Å². The third-order valence-electron chi connectivity index (χ3n) is 5.15. The summed E-state index contributed by atoms with van der Waals surface area (Å²) < 4.78 is 0. The molecule has 0 spiro atoms. The third-order valence-corrected chi connectivity index (χ3v) is 5.15. The van der Waals surface area contributed by atoms with Gasteiger partial charge in [0.25, 0.3) is 0 Å². The van der Waals surface area contributed by atoms with Gasteiger partial charge < -0.3 is 10.2 Å². The van der Waals surface area contributed by atoms with Crippen LogP contribution in [0.1, 0.15) is 78.5 Å². The van der Waals surface area contributed by atoms with Crippen molar-refractivity contribution in [2.24, 2.45) is 10.8 Å². The summed E-state index contributed by atoms with van der Waals surface area (Å²) in [6.07, 6.45) is 3.60. The fourth-order valence-corrected chi connectivity index (χ4v) is 3.84. The molecular formula is C24H36O2. The number of aliphatic hydroxyl groups is 1. The Labute approximate surface area is 159 Å². The number of hydrogen-bond acceptors (Lipinski definition) is 2. The molecule has 0 saturated carbocycles. The number of aromatic hydroxyl groups is 1. The van der Waals surface area contributed by atoms with E-state index >= 15 is 0 Å². The van der Waals surface area contributed by atoms with Gasteiger partial charge in [-0.25, -0.2) is 0 Å². The van der Waals surface area contributed by atoms with Crippen molar-refractivity contribution >= 4 is 0 Å². The van der Waals surface area contributed by atoms with Crippen LogP contribution in [0, 0.1) is 17.8 Å². The molecule has 1 aliphatic rings. The van der Waals surface area contributed by atoms with Gasteiger partial charge in [0.05, 0.1) is 0 Å². The summed E-state index contributed by atoms with van der Waals surface area (Å²) in [6, 6.07) is 4.12. The van der Waals surface area contributed by atoms with E-state index in [1.54, 1.807) is 0 Å². The van der Waals surface area contributed by atoms with Crippen LogP contribution in [0.3, 0.4) is 0 Å². The Kier molecular flexibility index (Phi) is 5.13. The smallest absolute Gasteiger partial charge is 0.122 e.